The molecule has 1 aliphatic carbocycles. The van der Waals surface area contributed by atoms with Crippen LogP contribution in [0.1, 0.15) is 49.3 Å². The molecule has 3 heteroatoms. The molecule has 3 N–H and O–H groups in total. The third-order valence-electron chi connectivity index (χ3n) is 3.88. The Hall–Kier alpha value is -0.570. The molecular formula is C14H21ClN2. The molecule has 1 saturated carbocycles. The molecule has 1 aromatic carbocycles. The van der Waals surface area contributed by atoms with Crippen LogP contribution in [-0.4, -0.2) is 0 Å². The van der Waals surface area contributed by atoms with Crippen molar-refractivity contribution >= 4 is 11.6 Å². The maximum Gasteiger partial charge on any atom is 0.0491 e. The standard InChI is InChI=1S/C14H21ClN2/c1-10-7-8-12(15)9-13(10)14(17-16)11-5-3-2-4-6-11/h7-9,11,14,17H,2-6,16H2,1H3. The van der Waals surface area contributed by atoms with Crippen molar-refractivity contribution in [3.05, 3.63) is 34.3 Å². The summed E-state index contributed by atoms with van der Waals surface area (Å²) in [7, 11) is 0. The van der Waals surface area contributed by atoms with Gasteiger partial charge in [-0.05, 0) is 48.9 Å². The summed E-state index contributed by atoms with van der Waals surface area (Å²) in [4.78, 5) is 0. The van der Waals surface area contributed by atoms with Crippen LogP contribution in [-0.2, 0) is 0 Å². The van der Waals surface area contributed by atoms with Crippen molar-refractivity contribution in [1.82, 2.24) is 5.43 Å². The lowest BCUT2D eigenvalue weighted by molar-refractivity contribution is 0.273. The lowest BCUT2D eigenvalue weighted by atomic mass is 9.80. The second-order valence-corrected chi connectivity index (χ2v) is 5.48. The Balaban J connectivity index is 2.24. The Morgan fingerprint density at radius 1 is 1.29 bits per heavy atom. The Morgan fingerprint density at radius 3 is 2.65 bits per heavy atom. The smallest absolute Gasteiger partial charge is 0.0491 e. The molecule has 0 heterocycles. The Morgan fingerprint density at radius 2 is 2.00 bits per heavy atom. The van der Waals surface area contributed by atoms with Crippen molar-refractivity contribution in [3.63, 3.8) is 0 Å². The normalized spacial score (nSPS) is 19.2. The third kappa shape index (κ3) is 3.01. The zero-order valence-electron chi connectivity index (χ0n) is 10.4. The zero-order valence-corrected chi connectivity index (χ0v) is 11.1. The number of benzene rings is 1. The summed E-state index contributed by atoms with van der Waals surface area (Å²) in [6.07, 6.45) is 6.54. The van der Waals surface area contributed by atoms with Gasteiger partial charge in [-0.3, -0.25) is 11.3 Å². The van der Waals surface area contributed by atoms with Crippen molar-refractivity contribution < 1.29 is 0 Å². The molecule has 0 aliphatic heterocycles. The maximum atomic E-state index is 6.09. The fraction of sp³-hybridized carbons (Fsp3) is 0.571. The molecule has 17 heavy (non-hydrogen) atoms. The average Bonchev–Trinajstić information content (AvgIpc) is 2.36. The van der Waals surface area contributed by atoms with Crippen LogP contribution in [0, 0.1) is 12.8 Å². The molecule has 1 aliphatic rings. The highest BCUT2D eigenvalue weighted by molar-refractivity contribution is 6.30. The van der Waals surface area contributed by atoms with Gasteiger partial charge in [0.2, 0.25) is 0 Å². The molecule has 1 fully saturated rings. The van der Waals surface area contributed by atoms with Crippen molar-refractivity contribution in [2.45, 2.75) is 45.1 Å². The van der Waals surface area contributed by atoms with Gasteiger partial charge in [-0.1, -0.05) is 36.9 Å². The van der Waals surface area contributed by atoms with E-state index in [0.717, 1.165) is 5.02 Å². The third-order valence-corrected chi connectivity index (χ3v) is 4.11. The second-order valence-electron chi connectivity index (χ2n) is 5.04. The summed E-state index contributed by atoms with van der Waals surface area (Å²) in [6.45, 7) is 2.12. The Kier molecular flexibility index (Phi) is 4.43. The van der Waals surface area contributed by atoms with Crippen LogP contribution in [0.3, 0.4) is 0 Å². The highest BCUT2D eigenvalue weighted by Crippen LogP contribution is 2.35. The molecule has 2 rings (SSSR count). The topological polar surface area (TPSA) is 38.0 Å². The number of aryl methyl sites for hydroxylation is 1. The predicted octanol–water partition coefficient (Wildman–Crippen LogP) is 3.73. The van der Waals surface area contributed by atoms with E-state index in [1.807, 2.05) is 6.07 Å². The molecule has 1 unspecified atom stereocenters. The monoisotopic (exact) mass is 252 g/mol. The first-order valence-electron chi connectivity index (χ1n) is 6.44. The summed E-state index contributed by atoms with van der Waals surface area (Å²) in [5.74, 6) is 6.41. The van der Waals surface area contributed by atoms with Crippen LogP contribution < -0.4 is 11.3 Å². The zero-order chi connectivity index (χ0) is 12.3. The number of hydrogen-bond donors (Lipinski definition) is 2. The summed E-state index contributed by atoms with van der Waals surface area (Å²) in [6, 6.07) is 6.31. The van der Waals surface area contributed by atoms with Crippen LogP contribution in [0.5, 0.6) is 0 Å². The average molecular weight is 253 g/mol. The number of hydrogen-bond acceptors (Lipinski definition) is 2. The van der Waals surface area contributed by atoms with E-state index in [1.165, 1.54) is 43.2 Å². The largest absolute Gasteiger partial charge is 0.271 e. The first kappa shape index (κ1) is 12.9. The van der Waals surface area contributed by atoms with Gasteiger partial charge >= 0.3 is 0 Å². The molecule has 0 amide bonds. The van der Waals surface area contributed by atoms with Gasteiger partial charge in [0.1, 0.15) is 0 Å². The molecular weight excluding hydrogens is 232 g/mol. The number of nitrogens with two attached hydrogens (primary N) is 1. The van der Waals surface area contributed by atoms with Gasteiger partial charge in [0, 0.05) is 11.1 Å². The van der Waals surface area contributed by atoms with E-state index in [2.05, 4.69) is 24.5 Å². The van der Waals surface area contributed by atoms with E-state index in [-0.39, 0.29) is 6.04 Å². The Bertz CT molecular complexity index is 372. The molecule has 94 valence electrons. The minimum absolute atomic E-state index is 0.244. The van der Waals surface area contributed by atoms with Crippen LogP contribution >= 0.6 is 11.6 Å². The first-order valence-corrected chi connectivity index (χ1v) is 6.82. The van der Waals surface area contributed by atoms with E-state index < -0.39 is 0 Å². The molecule has 0 radical (unpaired) electrons. The molecule has 0 aromatic heterocycles. The fourth-order valence-electron chi connectivity index (χ4n) is 2.89. The molecule has 0 bridgehead atoms. The van der Waals surface area contributed by atoms with Crippen LogP contribution in [0.15, 0.2) is 18.2 Å². The van der Waals surface area contributed by atoms with E-state index in [9.17, 15) is 0 Å². The summed E-state index contributed by atoms with van der Waals surface area (Å²) < 4.78 is 0. The van der Waals surface area contributed by atoms with Crippen LogP contribution in [0.25, 0.3) is 0 Å². The van der Waals surface area contributed by atoms with Gasteiger partial charge < -0.3 is 0 Å². The van der Waals surface area contributed by atoms with Crippen molar-refractivity contribution in [1.29, 1.82) is 0 Å². The van der Waals surface area contributed by atoms with Crippen molar-refractivity contribution in [2.75, 3.05) is 0 Å². The first-order chi connectivity index (χ1) is 8.22. The quantitative estimate of drug-likeness (QED) is 0.635. The molecule has 0 spiro atoms. The number of hydrazine groups is 1. The fourth-order valence-corrected chi connectivity index (χ4v) is 3.07. The van der Waals surface area contributed by atoms with Crippen molar-refractivity contribution in [2.24, 2.45) is 11.8 Å². The van der Waals surface area contributed by atoms with Crippen LogP contribution in [0.4, 0.5) is 0 Å². The van der Waals surface area contributed by atoms with Gasteiger partial charge in [-0.25, -0.2) is 0 Å². The Labute approximate surface area is 109 Å². The number of halogens is 1. The minimum atomic E-state index is 0.244. The van der Waals surface area contributed by atoms with Gasteiger partial charge in [-0.2, -0.15) is 0 Å². The highest BCUT2D eigenvalue weighted by Gasteiger charge is 2.25. The van der Waals surface area contributed by atoms with Gasteiger partial charge in [0.25, 0.3) is 0 Å². The van der Waals surface area contributed by atoms with E-state index in [0.29, 0.717) is 5.92 Å². The number of nitrogens with one attached hydrogen (secondary N) is 1. The lowest BCUT2D eigenvalue weighted by Crippen LogP contribution is -2.35. The lowest BCUT2D eigenvalue weighted by Gasteiger charge is -2.31. The summed E-state index contributed by atoms with van der Waals surface area (Å²) >= 11 is 6.09. The van der Waals surface area contributed by atoms with Gasteiger partial charge in [0.15, 0.2) is 0 Å². The predicted molar refractivity (Wildman–Crippen MR) is 72.8 cm³/mol. The molecule has 0 saturated heterocycles. The minimum Gasteiger partial charge on any atom is -0.271 e. The van der Waals surface area contributed by atoms with E-state index in [4.69, 9.17) is 17.4 Å². The van der Waals surface area contributed by atoms with Crippen molar-refractivity contribution in [3.8, 4) is 0 Å². The maximum absolute atomic E-state index is 6.09. The van der Waals surface area contributed by atoms with Gasteiger partial charge in [0.05, 0.1) is 0 Å². The number of rotatable bonds is 3. The van der Waals surface area contributed by atoms with E-state index in [1.54, 1.807) is 0 Å². The summed E-state index contributed by atoms with van der Waals surface area (Å²) in [5, 5.41) is 0.793. The van der Waals surface area contributed by atoms with Gasteiger partial charge in [-0.15, -0.1) is 0 Å². The second kappa shape index (κ2) is 5.85. The van der Waals surface area contributed by atoms with Crippen LogP contribution in [0.2, 0.25) is 5.02 Å². The molecule has 1 atom stereocenters. The summed E-state index contributed by atoms with van der Waals surface area (Å²) in [5.41, 5.74) is 5.52. The highest BCUT2D eigenvalue weighted by atomic mass is 35.5. The molecule has 2 nitrogen and oxygen atoms in total. The molecule has 1 aromatic rings. The SMILES string of the molecule is Cc1ccc(Cl)cc1C(NN)C1CCCCC1. The van der Waals surface area contributed by atoms with E-state index >= 15 is 0 Å².